The number of imide groups is 1. The normalized spacial score (nSPS) is 20.1. The van der Waals surface area contributed by atoms with E-state index >= 15 is 0 Å². The van der Waals surface area contributed by atoms with Gasteiger partial charge in [0.15, 0.2) is 0 Å². The standard InChI is InChI=1S/C16H14FN3O4S/c1-16(14(21)18-15(22)19-16)10-5-7-12(8-6-10)20-25(23,24)13-4-2-3-11(17)9-13/h2-9,20H,1H3,(H2,18,19,21,22)/t16-/m1/s1. The average Bonchev–Trinajstić information content (AvgIpc) is 2.81. The highest BCUT2D eigenvalue weighted by Crippen LogP contribution is 2.26. The Labute approximate surface area is 143 Å². The average molecular weight is 363 g/mol. The third kappa shape index (κ3) is 3.18. The molecule has 9 heteroatoms. The van der Waals surface area contributed by atoms with Gasteiger partial charge in [-0.3, -0.25) is 14.8 Å². The predicted molar refractivity (Wildman–Crippen MR) is 87.7 cm³/mol. The number of nitrogens with one attached hydrogen (secondary N) is 3. The second kappa shape index (κ2) is 5.85. The number of amides is 3. The molecule has 1 aliphatic heterocycles. The molecule has 0 unspecified atom stereocenters. The number of rotatable bonds is 4. The van der Waals surface area contributed by atoms with Crippen LogP contribution in [0.3, 0.4) is 0 Å². The summed E-state index contributed by atoms with van der Waals surface area (Å²) in [6.07, 6.45) is 0. The van der Waals surface area contributed by atoms with Gasteiger partial charge in [0.1, 0.15) is 11.4 Å². The Kier molecular flexibility index (Phi) is 3.96. The Morgan fingerprint density at radius 3 is 2.32 bits per heavy atom. The topological polar surface area (TPSA) is 104 Å². The van der Waals surface area contributed by atoms with E-state index in [-0.39, 0.29) is 10.6 Å². The third-order valence-electron chi connectivity index (χ3n) is 3.87. The zero-order valence-corrected chi connectivity index (χ0v) is 13.9. The van der Waals surface area contributed by atoms with Crippen LogP contribution in [0.1, 0.15) is 12.5 Å². The van der Waals surface area contributed by atoms with E-state index in [0.29, 0.717) is 5.56 Å². The molecule has 7 nitrogen and oxygen atoms in total. The van der Waals surface area contributed by atoms with Crippen LogP contribution in [-0.4, -0.2) is 20.4 Å². The van der Waals surface area contributed by atoms with Crippen LogP contribution in [-0.2, 0) is 20.4 Å². The van der Waals surface area contributed by atoms with Gasteiger partial charge >= 0.3 is 6.03 Å². The summed E-state index contributed by atoms with van der Waals surface area (Å²) in [5.74, 6) is -1.15. The van der Waals surface area contributed by atoms with Gasteiger partial charge in [-0.25, -0.2) is 17.6 Å². The summed E-state index contributed by atoms with van der Waals surface area (Å²) in [7, 11) is -3.94. The molecule has 1 aliphatic rings. The van der Waals surface area contributed by atoms with Crippen LogP contribution < -0.4 is 15.4 Å². The fourth-order valence-electron chi connectivity index (χ4n) is 2.47. The zero-order chi connectivity index (χ0) is 18.2. The van der Waals surface area contributed by atoms with Crippen LogP contribution in [0.5, 0.6) is 0 Å². The maximum absolute atomic E-state index is 13.2. The second-order valence-corrected chi connectivity index (χ2v) is 7.36. The highest BCUT2D eigenvalue weighted by molar-refractivity contribution is 7.92. The van der Waals surface area contributed by atoms with Crippen LogP contribution >= 0.6 is 0 Å². The molecule has 0 radical (unpaired) electrons. The number of anilines is 1. The lowest BCUT2D eigenvalue weighted by Gasteiger charge is -2.21. The fraction of sp³-hybridized carbons (Fsp3) is 0.125. The largest absolute Gasteiger partial charge is 0.322 e. The summed E-state index contributed by atoms with van der Waals surface area (Å²) < 4.78 is 40.0. The summed E-state index contributed by atoms with van der Waals surface area (Å²) in [5.41, 5.74) is -0.497. The van der Waals surface area contributed by atoms with Crippen LogP contribution in [0.25, 0.3) is 0 Å². The number of sulfonamides is 1. The van der Waals surface area contributed by atoms with Crippen molar-refractivity contribution in [2.45, 2.75) is 17.4 Å². The molecule has 0 aromatic heterocycles. The van der Waals surface area contributed by atoms with Gasteiger partial charge in [-0.1, -0.05) is 18.2 Å². The van der Waals surface area contributed by atoms with Crippen molar-refractivity contribution in [2.75, 3.05) is 4.72 Å². The van der Waals surface area contributed by atoms with Crippen molar-refractivity contribution < 1.29 is 22.4 Å². The minimum atomic E-state index is -3.94. The Morgan fingerprint density at radius 1 is 1.08 bits per heavy atom. The maximum atomic E-state index is 13.2. The molecule has 0 aliphatic carbocycles. The van der Waals surface area contributed by atoms with Crippen LogP contribution in [0.4, 0.5) is 14.9 Å². The molecule has 2 aromatic carbocycles. The SMILES string of the molecule is C[C@]1(c2ccc(NS(=O)(=O)c3cccc(F)c3)cc2)NC(=O)NC1=O. The van der Waals surface area contributed by atoms with Gasteiger partial charge < -0.3 is 5.32 Å². The van der Waals surface area contributed by atoms with Gasteiger partial charge in [-0.2, -0.15) is 0 Å². The first-order valence-corrected chi connectivity index (χ1v) is 8.71. The van der Waals surface area contributed by atoms with Crippen molar-refractivity contribution in [1.29, 1.82) is 0 Å². The lowest BCUT2D eigenvalue weighted by Crippen LogP contribution is -2.40. The van der Waals surface area contributed by atoms with Gasteiger partial charge in [0.05, 0.1) is 4.90 Å². The molecule has 1 saturated heterocycles. The third-order valence-corrected chi connectivity index (χ3v) is 5.24. The molecule has 1 heterocycles. The van der Waals surface area contributed by atoms with E-state index in [1.54, 1.807) is 6.92 Å². The molecular formula is C16H14FN3O4S. The monoisotopic (exact) mass is 363 g/mol. The van der Waals surface area contributed by atoms with Crippen molar-refractivity contribution >= 4 is 27.6 Å². The summed E-state index contributed by atoms with van der Waals surface area (Å²) >= 11 is 0. The molecule has 0 saturated carbocycles. The highest BCUT2D eigenvalue weighted by atomic mass is 32.2. The molecular weight excluding hydrogens is 349 g/mol. The summed E-state index contributed by atoms with van der Waals surface area (Å²) in [6.45, 7) is 1.54. The summed E-state index contributed by atoms with van der Waals surface area (Å²) in [6, 6.07) is 10.00. The van der Waals surface area contributed by atoms with Crippen molar-refractivity contribution in [1.82, 2.24) is 10.6 Å². The van der Waals surface area contributed by atoms with Gasteiger partial charge in [0, 0.05) is 5.69 Å². The molecule has 1 atom stereocenters. The van der Waals surface area contributed by atoms with E-state index in [1.807, 2.05) is 0 Å². The van der Waals surface area contributed by atoms with Crippen molar-refractivity contribution in [2.24, 2.45) is 0 Å². The Morgan fingerprint density at radius 2 is 1.76 bits per heavy atom. The molecule has 0 bridgehead atoms. The van der Waals surface area contributed by atoms with Gasteiger partial charge in [0.2, 0.25) is 0 Å². The van der Waals surface area contributed by atoms with Crippen LogP contribution in [0.15, 0.2) is 53.4 Å². The lowest BCUT2D eigenvalue weighted by atomic mass is 9.92. The summed E-state index contributed by atoms with van der Waals surface area (Å²) in [4.78, 5) is 23.0. The molecule has 25 heavy (non-hydrogen) atoms. The van der Waals surface area contributed by atoms with E-state index in [2.05, 4.69) is 15.4 Å². The van der Waals surface area contributed by atoms with Crippen molar-refractivity contribution in [3.8, 4) is 0 Å². The Bertz CT molecular complexity index is 960. The van der Waals surface area contributed by atoms with E-state index in [4.69, 9.17) is 0 Å². The lowest BCUT2D eigenvalue weighted by molar-refractivity contribution is -0.123. The number of hydrogen-bond acceptors (Lipinski definition) is 4. The molecule has 3 rings (SSSR count). The smallest absolute Gasteiger partial charge is 0.320 e. The highest BCUT2D eigenvalue weighted by Gasteiger charge is 2.43. The van der Waals surface area contributed by atoms with Gasteiger partial charge in [-0.05, 0) is 42.8 Å². The Balaban J connectivity index is 1.84. The molecule has 2 aromatic rings. The second-order valence-electron chi connectivity index (χ2n) is 5.67. The number of hydrogen-bond donors (Lipinski definition) is 3. The van der Waals surface area contributed by atoms with E-state index in [1.165, 1.54) is 36.4 Å². The van der Waals surface area contributed by atoms with Gasteiger partial charge in [-0.15, -0.1) is 0 Å². The number of carbonyl (C=O) groups excluding carboxylic acids is 2. The minimum absolute atomic E-state index is 0.203. The van der Waals surface area contributed by atoms with E-state index in [0.717, 1.165) is 12.1 Å². The first kappa shape index (κ1) is 16.9. The first-order valence-electron chi connectivity index (χ1n) is 7.23. The number of benzene rings is 2. The molecule has 0 spiro atoms. The molecule has 3 amide bonds. The van der Waals surface area contributed by atoms with Crippen LogP contribution in [0.2, 0.25) is 0 Å². The van der Waals surface area contributed by atoms with E-state index < -0.39 is 33.3 Å². The van der Waals surface area contributed by atoms with Gasteiger partial charge in [0.25, 0.3) is 15.9 Å². The van der Waals surface area contributed by atoms with Crippen molar-refractivity contribution in [3.05, 3.63) is 59.9 Å². The Hall–Kier alpha value is -2.94. The predicted octanol–water partition coefficient (Wildman–Crippen LogP) is 1.68. The molecule has 3 N–H and O–H groups in total. The number of carbonyl (C=O) groups is 2. The van der Waals surface area contributed by atoms with E-state index in [9.17, 15) is 22.4 Å². The van der Waals surface area contributed by atoms with Crippen molar-refractivity contribution in [3.63, 3.8) is 0 Å². The first-order chi connectivity index (χ1) is 11.7. The quantitative estimate of drug-likeness (QED) is 0.719. The minimum Gasteiger partial charge on any atom is -0.320 e. The molecule has 1 fully saturated rings. The van der Waals surface area contributed by atoms with Crippen LogP contribution in [0, 0.1) is 5.82 Å². The maximum Gasteiger partial charge on any atom is 0.322 e. The number of urea groups is 1. The zero-order valence-electron chi connectivity index (χ0n) is 13.0. The summed E-state index contributed by atoms with van der Waals surface area (Å²) in [5, 5.41) is 4.67. The fourth-order valence-corrected chi connectivity index (χ4v) is 3.56. The number of halogens is 1. The molecule has 130 valence electrons.